The van der Waals surface area contributed by atoms with Gasteiger partial charge in [0.25, 0.3) is 0 Å². The van der Waals surface area contributed by atoms with Crippen LogP contribution in [0.25, 0.3) is 0 Å². The lowest BCUT2D eigenvalue weighted by molar-refractivity contribution is -0.132. The topological polar surface area (TPSA) is 72.9 Å². The summed E-state index contributed by atoms with van der Waals surface area (Å²) in [5.74, 6) is 0.393. The molecule has 1 unspecified atom stereocenters. The Morgan fingerprint density at radius 3 is 2.67 bits per heavy atom. The average molecular weight is 297 g/mol. The maximum absolute atomic E-state index is 12.3. The number of methoxy groups -OCH3 is 2. The normalized spacial score (nSPS) is 12.1. The largest absolute Gasteiger partial charge is 0.476 e. The zero-order chi connectivity index (χ0) is 15.8. The molecule has 7 nitrogen and oxygen atoms in total. The molecule has 0 saturated carbocycles. The highest BCUT2D eigenvalue weighted by atomic mass is 16.7. The molecule has 1 rings (SSSR count). The fraction of sp³-hybridized carbons (Fsp3) is 0.571. The summed E-state index contributed by atoms with van der Waals surface area (Å²) in [7, 11) is 4.73. The number of urea groups is 1. The van der Waals surface area contributed by atoms with Gasteiger partial charge in [0, 0.05) is 27.5 Å². The first-order valence-electron chi connectivity index (χ1n) is 6.72. The third-order valence-electron chi connectivity index (χ3n) is 3.08. The molecule has 0 saturated heterocycles. The maximum Gasteiger partial charge on any atom is 0.322 e. The lowest BCUT2D eigenvalue weighted by Crippen LogP contribution is -2.46. The Balaban J connectivity index is 2.76. The quantitative estimate of drug-likeness (QED) is 0.779. The lowest BCUT2D eigenvalue weighted by Gasteiger charge is -2.30. The van der Waals surface area contributed by atoms with Crippen molar-refractivity contribution in [3.8, 4) is 5.88 Å². The van der Waals surface area contributed by atoms with E-state index in [2.05, 4.69) is 10.3 Å². The van der Waals surface area contributed by atoms with Gasteiger partial charge in [-0.15, -0.1) is 0 Å². The monoisotopic (exact) mass is 297 g/mol. The molecule has 1 aromatic rings. The number of nitrogens with one attached hydrogen (secondary N) is 1. The van der Waals surface area contributed by atoms with E-state index in [1.807, 2.05) is 13.8 Å². The number of carbonyl (C=O) groups is 1. The lowest BCUT2D eigenvalue weighted by atomic mass is 10.3. The molecule has 0 bridgehead atoms. The van der Waals surface area contributed by atoms with Crippen molar-refractivity contribution in [2.45, 2.75) is 26.2 Å². The Bertz CT molecular complexity index is 452. The number of hydrogen-bond acceptors (Lipinski definition) is 5. The van der Waals surface area contributed by atoms with E-state index in [1.54, 1.807) is 25.4 Å². The van der Waals surface area contributed by atoms with Crippen molar-refractivity contribution in [2.75, 3.05) is 33.2 Å². The zero-order valence-corrected chi connectivity index (χ0v) is 13.1. The number of nitrogens with zero attached hydrogens (tertiary/aromatic N) is 2. The van der Waals surface area contributed by atoms with E-state index in [1.165, 1.54) is 19.1 Å². The molecule has 0 aliphatic carbocycles. The van der Waals surface area contributed by atoms with E-state index in [4.69, 9.17) is 14.2 Å². The highest BCUT2D eigenvalue weighted by Crippen LogP contribution is 2.21. The number of carbonyl (C=O) groups excluding carboxylic acids is 1. The van der Waals surface area contributed by atoms with Gasteiger partial charge in [-0.05, 0) is 26.0 Å². The van der Waals surface area contributed by atoms with Crippen molar-refractivity contribution in [1.29, 1.82) is 0 Å². The van der Waals surface area contributed by atoms with Crippen molar-refractivity contribution in [3.05, 3.63) is 18.3 Å². The summed E-state index contributed by atoms with van der Waals surface area (Å²) >= 11 is 0. The summed E-state index contributed by atoms with van der Waals surface area (Å²) in [6.45, 7) is 4.17. The van der Waals surface area contributed by atoms with Gasteiger partial charge in [0.2, 0.25) is 5.88 Å². The molecule has 21 heavy (non-hydrogen) atoms. The second kappa shape index (κ2) is 8.43. The molecule has 118 valence electrons. The van der Waals surface area contributed by atoms with Crippen LogP contribution in [0.3, 0.4) is 0 Å². The van der Waals surface area contributed by atoms with Gasteiger partial charge in [-0.3, -0.25) is 0 Å². The second-order valence-electron chi connectivity index (χ2n) is 4.41. The van der Waals surface area contributed by atoms with E-state index < -0.39 is 6.29 Å². The van der Waals surface area contributed by atoms with Crippen molar-refractivity contribution in [2.24, 2.45) is 0 Å². The third-order valence-corrected chi connectivity index (χ3v) is 3.08. The van der Waals surface area contributed by atoms with Crippen LogP contribution >= 0.6 is 0 Å². The minimum Gasteiger partial charge on any atom is -0.476 e. The number of rotatable bonds is 7. The van der Waals surface area contributed by atoms with Gasteiger partial charge in [0.05, 0.1) is 12.6 Å². The van der Waals surface area contributed by atoms with Crippen molar-refractivity contribution >= 4 is 11.7 Å². The van der Waals surface area contributed by atoms with Crippen LogP contribution in [-0.2, 0) is 9.47 Å². The summed E-state index contributed by atoms with van der Waals surface area (Å²) in [4.78, 5) is 17.9. The molecule has 1 N–H and O–H groups in total. The molecule has 0 fully saturated rings. The van der Waals surface area contributed by atoms with Crippen LogP contribution in [0.5, 0.6) is 5.88 Å². The van der Waals surface area contributed by atoms with Crippen LogP contribution in [-0.4, -0.2) is 56.1 Å². The molecular weight excluding hydrogens is 274 g/mol. The Morgan fingerprint density at radius 1 is 1.43 bits per heavy atom. The predicted octanol–water partition coefficient (Wildman–Crippen LogP) is 1.95. The van der Waals surface area contributed by atoms with Crippen LogP contribution in [0.1, 0.15) is 13.8 Å². The molecular formula is C14H23N3O4. The molecule has 0 aliphatic heterocycles. The van der Waals surface area contributed by atoms with E-state index in [9.17, 15) is 4.79 Å². The van der Waals surface area contributed by atoms with Gasteiger partial charge in [-0.1, -0.05) is 0 Å². The van der Waals surface area contributed by atoms with Crippen LogP contribution in [0.2, 0.25) is 0 Å². The number of anilines is 1. The number of pyridine rings is 1. The number of amides is 2. The van der Waals surface area contributed by atoms with Crippen molar-refractivity contribution in [1.82, 2.24) is 9.88 Å². The first-order chi connectivity index (χ1) is 10.0. The molecule has 0 spiro atoms. The molecule has 1 aromatic heterocycles. The molecule has 1 heterocycles. The van der Waals surface area contributed by atoms with Crippen LogP contribution in [0.15, 0.2) is 18.3 Å². The van der Waals surface area contributed by atoms with Gasteiger partial charge in [0.1, 0.15) is 5.69 Å². The van der Waals surface area contributed by atoms with E-state index in [-0.39, 0.29) is 12.1 Å². The first-order valence-corrected chi connectivity index (χ1v) is 6.72. The van der Waals surface area contributed by atoms with E-state index in [0.29, 0.717) is 18.2 Å². The van der Waals surface area contributed by atoms with E-state index in [0.717, 1.165) is 0 Å². The average Bonchev–Trinajstić information content (AvgIpc) is 2.49. The fourth-order valence-corrected chi connectivity index (χ4v) is 1.80. The van der Waals surface area contributed by atoms with Crippen molar-refractivity contribution < 1.29 is 19.0 Å². The van der Waals surface area contributed by atoms with Gasteiger partial charge < -0.3 is 24.4 Å². The number of hydrogen-bond donors (Lipinski definition) is 1. The predicted molar refractivity (Wildman–Crippen MR) is 79.5 cm³/mol. The van der Waals surface area contributed by atoms with Crippen LogP contribution in [0.4, 0.5) is 10.5 Å². The second-order valence-corrected chi connectivity index (χ2v) is 4.41. The van der Waals surface area contributed by atoms with Gasteiger partial charge >= 0.3 is 6.03 Å². The minimum atomic E-state index is -0.499. The summed E-state index contributed by atoms with van der Waals surface area (Å²) < 4.78 is 15.7. The minimum absolute atomic E-state index is 0.257. The van der Waals surface area contributed by atoms with Crippen molar-refractivity contribution in [3.63, 3.8) is 0 Å². The Kier molecular flexibility index (Phi) is 6.90. The highest BCUT2D eigenvalue weighted by Gasteiger charge is 2.24. The molecule has 7 heteroatoms. The van der Waals surface area contributed by atoms with Crippen LogP contribution in [0, 0.1) is 0 Å². The summed E-state index contributed by atoms with van der Waals surface area (Å²) in [5.41, 5.74) is 0.523. The number of likely N-dealkylation sites (N-methyl/N-ethyl adjacent to an activating group) is 1. The molecule has 0 aromatic carbocycles. The third kappa shape index (κ3) is 4.57. The summed E-state index contributed by atoms with van der Waals surface area (Å²) in [6, 6.07) is 2.91. The molecule has 0 radical (unpaired) electrons. The molecule has 1 atom stereocenters. The summed E-state index contributed by atoms with van der Waals surface area (Å²) in [6.07, 6.45) is 1.11. The fourth-order valence-electron chi connectivity index (χ4n) is 1.80. The van der Waals surface area contributed by atoms with Crippen LogP contribution < -0.4 is 10.1 Å². The van der Waals surface area contributed by atoms with E-state index >= 15 is 0 Å². The molecule has 0 aliphatic rings. The highest BCUT2D eigenvalue weighted by molar-refractivity contribution is 5.90. The standard InChI is InChI=1S/C14H23N3O4/c1-6-21-12-11(8-7-9-15-12)16-14(18)17(3)10(2)13(19-4)20-5/h7-10,13H,6H2,1-5H3,(H,16,18). The Morgan fingerprint density at radius 2 is 2.10 bits per heavy atom. The van der Waals surface area contributed by atoms with Gasteiger partial charge in [-0.25, -0.2) is 9.78 Å². The Hall–Kier alpha value is -1.86. The first kappa shape index (κ1) is 17.2. The maximum atomic E-state index is 12.3. The SMILES string of the molecule is CCOc1ncccc1NC(=O)N(C)C(C)C(OC)OC. The summed E-state index contributed by atoms with van der Waals surface area (Å²) in [5, 5.41) is 2.77. The van der Waals surface area contributed by atoms with Gasteiger partial charge in [-0.2, -0.15) is 0 Å². The molecule has 2 amide bonds. The Labute approximate surface area is 125 Å². The number of ether oxygens (including phenoxy) is 3. The number of aromatic nitrogens is 1. The van der Waals surface area contributed by atoms with Gasteiger partial charge in [0.15, 0.2) is 6.29 Å². The smallest absolute Gasteiger partial charge is 0.322 e. The zero-order valence-electron chi connectivity index (χ0n) is 13.1.